The highest BCUT2D eigenvalue weighted by molar-refractivity contribution is 6.25. The van der Waals surface area contributed by atoms with Crippen molar-refractivity contribution in [2.75, 3.05) is 5.32 Å². The molecule has 44 heavy (non-hydrogen) atoms. The van der Waals surface area contributed by atoms with E-state index in [1.807, 2.05) is 0 Å². The molecule has 1 unspecified atom stereocenters. The number of hydrogen-bond donors (Lipinski definition) is 1. The largest absolute Gasteiger partial charge is 0.376 e. The predicted molar refractivity (Wildman–Crippen MR) is 191 cm³/mol. The van der Waals surface area contributed by atoms with Gasteiger partial charge in [0.15, 0.2) is 0 Å². The van der Waals surface area contributed by atoms with E-state index in [1.54, 1.807) is 0 Å². The van der Waals surface area contributed by atoms with Crippen molar-refractivity contribution in [3.05, 3.63) is 127 Å². The third-order valence-corrected chi connectivity index (χ3v) is 9.39. The molecule has 1 aliphatic rings. The highest BCUT2D eigenvalue weighted by atomic mass is 14.9. The lowest BCUT2D eigenvalue weighted by Crippen LogP contribution is -2.25. The summed E-state index contributed by atoms with van der Waals surface area (Å²) in [7, 11) is 0. The summed E-state index contributed by atoms with van der Waals surface area (Å²) in [4.78, 5) is 5.24. The highest BCUT2D eigenvalue weighted by Gasteiger charge is 2.21. The fourth-order valence-corrected chi connectivity index (χ4v) is 6.92. The van der Waals surface area contributed by atoms with E-state index in [-0.39, 0.29) is 0 Å². The molecule has 6 aromatic carbocycles. The summed E-state index contributed by atoms with van der Waals surface area (Å²) in [5.74, 6) is 0.817. The van der Waals surface area contributed by atoms with Crippen LogP contribution in [0.15, 0.2) is 115 Å². The van der Waals surface area contributed by atoms with Gasteiger partial charge >= 0.3 is 0 Å². The SMILES string of the molecule is CC(C)c1cc(-c2cccc(-c3ccc4c5ccccc5c5ccccc5c4c3)c2)c2ccc3c(c2n1)NC(C(C)C)C=C3. The van der Waals surface area contributed by atoms with Crippen molar-refractivity contribution in [1.29, 1.82) is 0 Å². The van der Waals surface area contributed by atoms with Gasteiger partial charge in [-0.3, -0.25) is 4.98 Å². The van der Waals surface area contributed by atoms with E-state index in [0.717, 1.165) is 16.9 Å². The maximum atomic E-state index is 5.24. The van der Waals surface area contributed by atoms with Crippen molar-refractivity contribution in [3.63, 3.8) is 0 Å². The first-order chi connectivity index (χ1) is 21.5. The molecule has 0 fully saturated rings. The van der Waals surface area contributed by atoms with E-state index >= 15 is 0 Å². The van der Waals surface area contributed by atoms with Crippen LogP contribution in [-0.2, 0) is 0 Å². The molecule has 0 bridgehead atoms. The van der Waals surface area contributed by atoms with Crippen molar-refractivity contribution < 1.29 is 0 Å². The topological polar surface area (TPSA) is 24.9 Å². The highest BCUT2D eigenvalue weighted by Crippen LogP contribution is 2.41. The summed E-state index contributed by atoms with van der Waals surface area (Å²) in [6.45, 7) is 8.99. The number of nitrogens with one attached hydrogen (secondary N) is 1. The third-order valence-electron chi connectivity index (χ3n) is 9.39. The summed E-state index contributed by atoms with van der Waals surface area (Å²) >= 11 is 0. The Morgan fingerprint density at radius 2 is 1.18 bits per heavy atom. The monoisotopic (exact) mass is 568 g/mol. The van der Waals surface area contributed by atoms with Crippen molar-refractivity contribution >= 4 is 55.0 Å². The fourth-order valence-electron chi connectivity index (χ4n) is 6.92. The van der Waals surface area contributed by atoms with E-state index in [2.05, 4.69) is 154 Å². The van der Waals surface area contributed by atoms with E-state index in [9.17, 15) is 0 Å². The molecule has 7 aromatic rings. The minimum absolute atomic E-state index is 0.297. The molecule has 0 spiro atoms. The average Bonchev–Trinajstić information content (AvgIpc) is 3.07. The zero-order valence-electron chi connectivity index (χ0n) is 25.7. The standard InChI is InChI=1S/C42H36N2/c1-25(2)39-21-18-27-16-20-36-37(24-40(26(3)4)44-42(36)41(27)43-39)30-11-9-10-28(22-30)29-17-19-35-33-14-6-5-12-31(33)32-13-7-8-15-34(32)38(35)23-29/h5-26,39,43H,1-4H3. The summed E-state index contributed by atoms with van der Waals surface area (Å²) < 4.78 is 0. The van der Waals surface area contributed by atoms with Crippen LogP contribution in [-0.4, -0.2) is 11.0 Å². The Kier molecular flexibility index (Phi) is 6.27. The zero-order valence-corrected chi connectivity index (χ0v) is 25.7. The molecule has 0 aliphatic carbocycles. The molecule has 0 amide bonds. The van der Waals surface area contributed by atoms with Crippen LogP contribution in [0.25, 0.3) is 71.6 Å². The molecule has 1 N–H and O–H groups in total. The Morgan fingerprint density at radius 1 is 0.568 bits per heavy atom. The minimum atomic E-state index is 0.297. The fraction of sp³-hybridized carbons (Fsp3) is 0.167. The van der Waals surface area contributed by atoms with Crippen LogP contribution >= 0.6 is 0 Å². The van der Waals surface area contributed by atoms with Crippen molar-refractivity contribution in [1.82, 2.24) is 4.98 Å². The first kappa shape index (κ1) is 26.7. The predicted octanol–water partition coefficient (Wildman–Crippen LogP) is 11.6. The number of nitrogens with zero attached hydrogens (tertiary/aromatic N) is 1. The van der Waals surface area contributed by atoms with Gasteiger partial charge in [0, 0.05) is 17.1 Å². The van der Waals surface area contributed by atoms with Crippen LogP contribution in [0.5, 0.6) is 0 Å². The maximum absolute atomic E-state index is 5.24. The van der Waals surface area contributed by atoms with Gasteiger partial charge in [-0.25, -0.2) is 0 Å². The quantitative estimate of drug-likeness (QED) is 0.214. The molecule has 2 nitrogen and oxygen atoms in total. The first-order valence-electron chi connectivity index (χ1n) is 15.8. The Bertz CT molecular complexity index is 2240. The number of aromatic nitrogens is 1. The minimum Gasteiger partial charge on any atom is -0.376 e. The summed E-state index contributed by atoms with van der Waals surface area (Å²) in [6, 6.07) is 40.7. The smallest absolute Gasteiger partial charge is 0.0949 e. The number of anilines is 1. The summed E-state index contributed by atoms with van der Waals surface area (Å²) in [5, 5.41) is 12.8. The third kappa shape index (κ3) is 4.28. The van der Waals surface area contributed by atoms with Gasteiger partial charge in [0.2, 0.25) is 0 Å². The normalized spacial score (nSPS) is 14.6. The number of benzene rings is 6. The Morgan fingerprint density at radius 3 is 1.86 bits per heavy atom. The lowest BCUT2D eigenvalue weighted by Gasteiger charge is -2.27. The van der Waals surface area contributed by atoms with Crippen LogP contribution < -0.4 is 5.32 Å². The molecular weight excluding hydrogens is 532 g/mol. The lowest BCUT2D eigenvalue weighted by atomic mass is 9.90. The van der Waals surface area contributed by atoms with Crippen LogP contribution in [0.3, 0.4) is 0 Å². The van der Waals surface area contributed by atoms with Gasteiger partial charge in [-0.1, -0.05) is 131 Å². The second-order valence-corrected chi connectivity index (χ2v) is 12.9. The molecule has 214 valence electrons. The molecule has 1 aromatic heterocycles. The van der Waals surface area contributed by atoms with Gasteiger partial charge < -0.3 is 5.32 Å². The van der Waals surface area contributed by atoms with Crippen molar-refractivity contribution in [2.24, 2.45) is 5.92 Å². The Hall–Kier alpha value is -4.95. The Labute approximate surface area is 259 Å². The maximum Gasteiger partial charge on any atom is 0.0949 e. The second-order valence-electron chi connectivity index (χ2n) is 12.9. The first-order valence-corrected chi connectivity index (χ1v) is 15.8. The van der Waals surface area contributed by atoms with Gasteiger partial charge in [-0.2, -0.15) is 0 Å². The van der Waals surface area contributed by atoms with Crippen LogP contribution in [0.4, 0.5) is 5.69 Å². The number of rotatable bonds is 4. The molecule has 8 rings (SSSR count). The molecule has 2 heteroatoms. The zero-order chi connectivity index (χ0) is 29.9. The van der Waals surface area contributed by atoms with E-state index in [1.165, 1.54) is 65.5 Å². The van der Waals surface area contributed by atoms with Gasteiger partial charge in [-0.05, 0) is 90.2 Å². The van der Waals surface area contributed by atoms with E-state index in [0.29, 0.717) is 17.9 Å². The van der Waals surface area contributed by atoms with Crippen LogP contribution in [0, 0.1) is 5.92 Å². The van der Waals surface area contributed by atoms with Gasteiger partial charge in [0.1, 0.15) is 0 Å². The Balaban J connectivity index is 1.31. The molecule has 0 saturated carbocycles. The van der Waals surface area contributed by atoms with Gasteiger partial charge in [0.25, 0.3) is 0 Å². The molecule has 0 saturated heterocycles. The molecule has 1 atom stereocenters. The van der Waals surface area contributed by atoms with Gasteiger partial charge in [0.05, 0.1) is 11.2 Å². The number of fused-ring (bicyclic) bond motifs is 9. The van der Waals surface area contributed by atoms with Gasteiger partial charge in [-0.15, -0.1) is 0 Å². The second kappa shape index (κ2) is 10.3. The lowest BCUT2D eigenvalue weighted by molar-refractivity contribution is 0.600. The van der Waals surface area contributed by atoms with E-state index in [4.69, 9.17) is 4.98 Å². The van der Waals surface area contributed by atoms with Crippen LogP contribution in [0.1, 0.15) is 44.9 Å². The van der Waals surface area contributed by atoms with Crippen LogP contribution in [0.2, 0.25) is 0 Å². The molecular formula is C42H36N2. The summed E-state index contributed by atoms with van der Waals surface area (Å²) in [5.41, 5.74) is 9.43. The average molecular weight is 569 g/mol. The molecule has 1 aliphatic heterocycles. The molecule has 2 heterocycles. The number of hydrogen-bond acceptors (Lipinski definition) is 2. The number of pyridine rings is 1. The molecule has 0 radical (unpaired) electrons. The van der Waals surface area contributed by atoms with Crippen molar-refractivity contribution in [3.8, 4) is 22.3 Å². The van der Waals surface area contributed by atoms with E-state index < -0.39 is 0 Å². The van der Waals surface area contributed by atoms with Crippen molar-refractivity contribution in [2.45, 2.75) is 39.7 Å². The summed E-state index contributed by atoms with van der Waals surface area (Å²) in [6.07, 6.45) is 4.54.